The Labute approximate surface area is 262 Å². The zero-order valence-corrected chi connectivity index (χ0v) is 27.7. The maximum absolute atomic E-state index is 12.9. The summed E-state index contributed by atoms with van der Waals surface area (Å²) in [6.45, 7) is 5.56. The number of unbranched alkanes of at least 4 members (excludes halogenated alkanes) is 18. The molecule has 0 spiro atoms. The third-order valence-electron chi connectivity index (χ3n) is 7.97. The first kappa shape index (κ1) is 40.8. The average Bonchev–Trinajstić information content (AvgIpc) is 2.99. The summed E-state index contributed by atoms with van der Waals surface area (Å²) in [4.78, 5) is 48.6. The number of amides is 3. The van der Waals surface area contributed by atoms with E-state index in [1.165, 1.54) is 96.3 Å². The van der Waals surface area contributed by atoms with Crippen LogP contribution >= 0.6 is 0 Å². The molecule has 5 N–H and O–H groups in total. The van der Waals surface area contributed by atoms with Gasteiger partial charge in [-0.2, -0.15) is 0 Å². The summed E-state index contributed by atoms with van der Waals surface area (Å²) >= 11 is 0. The van der Waals surface area contributed by atoms with Gasteiger partial charge in [0.2, 0.25) is 17.7 Å². The van der Waals surface area contributed by atoms with Crippen LogP contribution in [-0.2, 0) is 19.2 Å². The first-order valence-corrected chi connectivity index (χ1v) is 17.6. The van der Waals surface area contributed by atoms with Gasteiger partial charge in [0.25, 0.3) is 0 Å². The summed E-state index contributed by atoms with van der Waals surface area (Å²) in [6, 6.07) is -1.98. The molecule has 43 heavy (non-hydrogen) atoms. The Hall–Kier alpha value is -2.16. The van der Waals surface area contributed by atoms with E-state index in [0.717, 1.165) is 32.1 Å². The highest BCUT2D eigenvalue weighted by Crippen LogP contribution is 2.11. The van der Waals surface area contributed by atoms with Crippen molar-refractivity contribution in [2.24, 2.45) is 5.73 Å². The SMILES string of the molecule is CCCCCCCCCCCCNC(=O)CCC(NC(=O)C(N)CCC(=O)[O-])C(=O)NCCCCCCCCCCCC. The number of aliphatic carboxylic acids is 1. The first-order valence-electron chi connectivity index (χ1n) is 17.6. The van der Waals surface area contributed by atoms with Crippen molar-refractivity contribution in [2.45, 2.75) is 180 Å². The molecule has 9 heteroatoms. The van der Waals surface area contributed by atoms with Gasteiger partial charge in [-0.3, -0.25) is 14.4 Å². The van der Waals surface area contributed by atoms with Gasteiger partial charge in [0.05, 0.1) is 6.04 Å². The standard InChI is InChI=1S/C34H66N4O5/c1-3-5-7-9-11-13-15-17-19-21-27-36-31(39)25-24-30(38-33(42)29(35)23-26-32(40)41)34(43)37-28-22-20-18-16-14-12-10-8-6-4-2/h29-30H,3-28,35H2,1-2H3,(H,36,39)(H,37,43)(H,38,42)(H,40,41)/p-1. The fourth-order valence-corrected chi connectivity index (χ4v) is 5.10. The van der Waals surface area contributed by atoms with Gasteiger partial charge < -0.3 is 31.6 Å². The van der Waals surface area contributed by atoms with E-state index in [1.807, 2.05) is 0 Å². The fraction of sp³-hybridized carbons (Fsp3) is 0.882. The molecule has 0 aliphatic heterocycles. The zero-order valence-electron chi connectivity index (χ0n) is 27.7. The maximum atomic E-state index is 12.9. The Balaban J connectivity index is 4.38. The lowest BCUT2D eigenvalue weighted by atomic mass is 10.1. The second-order valence-corrected chi connectivity index (χ2v) is 12.1. The third kappa shape index (κ3) is 27.1. The van der Waals surface area contributed by atoms with Gasteiger partial charge in [0.1, 0.15) is 6.04 Å². The van der Waals surface area contributed by atoms with Crippen LogP contribution in [0.4, 0.5) is 0 Å². The van der Waals surface area contributed by atoms with Gasteiger partial charge >= 0.3 is 0 Å². The van der Waals surface area contributed by atoms with E-state index in [0.29, 0.717) is 13.1 Å². The number of rotatable bonds is 31. The lowest BCUT2D eigenvalue weighted by Gasteiger charge is -2.21. The Morgan fingerprint density at radius 3 is 1.42 bits per heavy atom. The van der Waals surface area contributed by atoms with Gasteiger partial charge in [-0.05, 0) is 32.1 Å². The molecule has 2 unspecified atom stereocenters. The lowest BCUT2D eigenvalue weighted by Crippen LogP contribution is -2.52. The molecule has 2 atom stereocenters. The summed E-state index contributed by atoms with van der Waals surface area (Å²) in [6.07, 6.45) is 24.1. The number of hydrogen-bond acceptors (Lipinski definition) is 6. The highest BCUT2D eigenvalue weighted by Gasteiger charge is 2.24. The molecule has 0 aromatic rings. The molecule has 0 fully saturated rings. The summed E-state index contributed by atoms with van der Waals surface area (Å²) in [5, 5.41) is 19.2. The number of hydrogen-bond donors (Lipinski definition) is 4. The Morgan fingerprint density at radius 1 is 0.558 bits per heavy atom. The Bertz CT molecular complexity index is 719. The molecular formula is C34H65N4O5-. The van der Waals surface area contributed by atoms with Crippen LogP contribution in [0.1, 0.15) is 168 Å². The Morgan fingerprint density at radius 2 is 0.977 bits per heavy atom. The lowest BCUT2D eigenvalue weighted by molar-refractivity contribution is -0.305. The van der Waals surface area contributed by atoms with Crippen molar-refractivity contribution in [2.75, 3.05) is 13.1 Å². The molecule has 252 valence electrons. The molecule has 3 amide bonds. The van der Waals surface area contributed by atoms with Crippen LogP contribution in [0.25, 0.3) is 0 Å². The highest BCUT2D eigenvalue weighted by atomic mass is 16.4. The van der Waals surface area contributed by atoms with Crippen LogP contribution in [0.3, 0.4) is 0 Å². The van der Waals surface area contributed by atoms with Crippen LogP contribution in [0.2, 0.25) is 0 Å². The molecule has 0 saturated carbocycles. The van der Waals surface area contributed by atoms with Crippen LogP contribution in [-0.4, -0.2) is 48.9 Å². The zero-order chi connectivity index (χ0) is 32.0. The van der Waals surface area contributed by atoms with E-state index in [9.17, 15) is 24.3 Å². The predicted octanol–water partition coefficient (Wildman–Crippen LogP) is 5.18. The number of nitrogens with one attached hydrogen (secondary N) is 3. The molecule has 0 radical (unpaired) electrons. The molecule has 0 heterocycles. The second kappa shape index (κ2) is 29.9. The number of carbonyl (C=O) groups excluding carboxylic acids is 4. The maximum Gasteiger partial charge on any atom is 0.242 e. The van der Waals surface area contributed by atoms with E-state index in [1.54, 1.807) is 0 Å². The van der Waals surface area contributed by atoms with Crippen molar-refractivity contribution < 1.29 is 24.3 Å². The summed E-state index contributed by atoms with van der Waals surface area (Å²) in [7, 11) is 0. The second-order valence-electron chi connectivity index (χ2n) is 12.1. The van der Waals surface area contributed by atoms with E-state index >= 15 is 0 Å². The van der Waals surface area contributed by atoms with Crippen LogP contribution < -0.4 is 26.8 Å². The summed E-state index contributed by atoms with van der Waals surface area (Å²) in [5.41, 5.74) is 5.82. The minimum atomic E-state index is -1.28. The van der Waals surface area contributed by atoms with Crippen molar-refractivity contribution in [1.82, 2.24) is 16.0 Å². The molecule has 0 aliphatic rings. The normalized spacial score (nSPS) is 12.4. The molecule has 0 saturated heterocycles. The van der Waals surface area contributed by atoms with Gasteiger partial charge in [0.15, 0.2) is 0 Å². The molecule has 0 rings (SSSR count). The van der Waals surface area contributed by atoms with E-state index in [2.05, 4.69) is 29.8 Å². The number of nitrogens with two attached hydrogens (primary N) is 1. The minimum Gasteiger partial charge on any atom is -0.550 e. The van der Waals surface area contributed by atoms with Crippen molar-refractivity contribution in [3.05, 3.63) is 0 Å². The van der Waals surface area contributed by atoms with Gasteiger partial charge in [-0.1, -0.05) is 129 Å². The molecule has 0 aromatic carbocycles. The van der Waals surface area contributed by atoms with E-state index in [-0.39, 0.29) is 37.5 Å². The number of carboxylic acids is 1. The average molecular weight is 610 g/mol. The monoisotopic (exact) mass is 609 g/mol. The third-order valence-corrected chi connectivity index (χ3v) is 7.97. The van der Waals surface area contributed by atoms with Gasteiger partial charge in [-0.25, -0.2) is 0 Å². The van der Waals surface area contributed by atoms with Crippen LogP contribution in [0, 0.1) is 0 Å². The molecule has 0 aliphatic carbocycles. The van der Waals surface area contributed by atoms with Crippen molar-refractivity contribution in [1.29, 1.82) is 0 Å². The fourth-order valence-electron chi connectivity index (χ4n) is 5.10. The van der Waals surface area contributed by atoms with Crippen molar-refractivity contribution in [3.8, 4) is 0 Å². The summed E-state index contributed by atoms with van der Waals surface area (Å²) < 4.78 is 0. The van der Waals surface area contributed by atoms with Gasteiger partial charge in [0, 0.05) is 25.5 Å². The van der Waals surface area contributed by atoms with Crippen molar-refractivity contribution in [3.63, 3.8) is 0 Å². The summed E-state index contributed by atoms with van der Waals surface area (Å²) in [5.74, 6) is -2.39. The van der Waals surface area contributed by atoms with E-state index in [4.69, 9.17) is 5.73 Å². The van der Waals surface area contributed by atoms with E-state index < -0.39 is 24.0 Å². The number of carbonyl (C=O) groups is 4. The molecule has 0 aromatic heterocycles. The largest absolute Gasteiger partial charge is 0.550 e. The molecule has 0 bridgehead atoms. The predicted molar refractivity (Wildman–Crippen MR) is 173 cm³/mol. The first-order chi connectivity index (χ1) is 20.8. The van der Waals surface area contributed by atoms with Crippen LogP contribution in [0.15, 0.2) is 0 Å². The Kier molecular flexibility index (Phi) is 28.4. The smallest absolute Gasteiger partial charge is 0.242 e. The topological polar surface area (TPSA) is 153 Å². The number of carboxylic acid groups (broad SMARTS) is 1. The minimum absolute atomic E-state index is 0.0829. The molecule has 9 nitrogen and oxygen atoms in total. The quantitative estimate of drug-likeness (QED) is 0.0794. The molecular weight excluding hydrogens is 544 g/mol. The van der Waals surface area contributed by atoms with Gasteiger partial charge in [-0.15, -0.1) is 0 Å². The van der Waals surface area contributed by atoms with Crippen LogP contribution in [0.5, 0.6) is 0 Å². The van der Waals surface area contributed by atoms with Crippen molar-refractivity contribution >= 4 is 23.7 Å². The highest BCUT2D eigenvalue weighted by molar-refractivity contribution is 5.90.